The predicted molar refractivity (Wildman–Crippen MR) is 71.1 cm³/mol. The van der Waals surface area contributed by atoms with Crippen molar-refractivity contribution in [2.45, 2.75) is 33.3 Å². The number of aliphatic hydroxyl groups is 1. The Bertz CT molecular complexity index is 397. The van der Waals surface area contributed by atoms with Gasteiger partial charge in [-0.1, -0.05) is 58.0 Å². The Morgan fingerprint density at radius 1 is 1.11 bits per heavy atom. The number of benzene rings is 1. The van der Waals surface area contributed by atoms with E-state index in [4.69, 9.17) is 0 Å². The van der Waals surface area contributed by atoms with Gasteiger partial charge in [-0.3, -0.25) is 4.79 Å². The lowest BCUT2D eigenvalue weighted by molar-refractivity contribution is -0.162. The van der Waals surface area contributed by atoms with Crippen LogP contribution in [-0.2, 0) is 10.4 Å². The fraction of sp³-hybridized carbons (Fsp3) is 0.533. The molecule has 0 amide bonds. The Balaban J connectivity index is 3.35. The first-order chi connectivity index (χ1) is 8.31. The molecule has 0 radical (unpaired) electrons. The van der Waals surface area contributed by atoms with Crippen molar-refractivity contribution in [2.75, 3.05) is 0 Å². The van der Waals surface area contributed by atoms with Crippen LogP contribution in [0, 0.1) is 17.8 Å². The molecular formula is C15H22O3. The predicted octanol–water partition coefficient (Wildman–Crippen LogP) is 2.89. The molecule has 0 aliphatic heterocycles. The van der Waals surface area contributed by atoms with E-state index in [9.17, 15) is 15.0 Å². The van der Waals surface area contributed by atoms with Gasteiger partial charge in [0.15, 0.2) is 0 Å². The number of rotatable bonds is 5. The SMILES string of the molecule is CC(C)C(C(=O)O)C(O)(c1ccccc1)C(C)C. The number of carboxylic acid groups (broad SMARTS) is 1. The van der Waals surface area contributed by atoms with Crippen molar-refractivity contribution >= 4 is 5.97 Å². The van der Waals surface area contributed by atoms with Gasteiger partial charge in [0.25, 0.3) is 0 Å². The van der Waals surface area contributed by atoms with Gasteiger partial charge in [-0.2, -0.15) is 0 Å². The molecule has 0 spiro atoms. The first-order valence-corrected chi connectivity index (χ1v) is 6.32. The topological polar surface area (TPSA) is 57.5 Å². The van der Waals surface area contributed by atoms with Gasteiger partial charge in [-0.25, -0.2) is 0 Å². The Hall–Kier alpha value is -1.35. The van der Waals surface area contributed by atoms with Gasteiger partial charge in [0.1, 0.15) is 5.60 Å². The second kappa shape index (κ2) is 5.53. The molecule has 0 fully saturated rings. The summed E-state index contributed by atoms with van der Waals surface area (Å²) in [6, 6.07) is 9.08. The lowest BCUT2D eigenvalue weighted by atomic mass is 9.69. The van der Waals surface area contributed by atoms with Crippen molar-refractivity contribution in [2.24, 2.45) is 17.8 Å². The minimum Gasteiger partial charge on any atom is -0.481 e. The Kier molecular flexibility index (Phi) is 4.52. The quantitative estimate of drug-likeness (QED) is 0.844. The molecule has 3 heteroatoms. The molecule has 2 atom stereocenters. The monoisotopic (exact) mass is 250 g/mol. The fourth-order valence-corrected chi connectivity index (χ4v) is 2.56. The standard InChI is InChI=1S/C15H22O3/c1-10(2)13(14(16)17)15(18,11(3)4)12-8-6-5-7-9-12/h5-11,13,18H,1-4H3,(H,16,17). The fourth-order valence-electron chi connectivity index (χ4n) is 2.56. The van der Waals surface area contributed by atoms with Crippen LogP contribution in [0.15, 0.2) is 30.3 Å². The van der Waals surface area contributed by atoms with Crippen LogP contribution in [0.25, 0.3) is 0 Å². The summed E-state index contributed by atoms with van der Waals surface area (Å²) < 4.78 is 0. The molecule has 0 aromatic heterocycles. The maximum atomic E-state index is 11.5. The van der Waals surface area contributed by atoms with Crippen LogP contribution in [-0.4, -0.2) is 16.2 Å². The van der Waals surface area contributed by atoms with Crippen LogP contribution < -0.4 is 0 Å². The summed E-state index contributed by atoms with van der Waals surface area (Å²) in [6.07, 6.45) is 0. The normalized spacial score (nSPS) is 16.6. The van der Waals surface area contributed by atoms with Gasteiger partial charge >= 0.3 is 5.97 Å². The molecule has 0 saturated heterocycles. The van der Waals surface area contributed by atoms with Gasteiger partial charge in [-0.05, 0) is 17.4 Å². The molecule has 1 aromatic carbocycles. The maximum Gasteiger partial charge on any atom is 0.310 e. The van der Waals surface area contributed by atoms with Crippen molar-refractivity contribution in [3.8, 4) is 0 Å². The number of carbonyl (C=O) groups is 1. The lowest BCUT2D eigenvalue weighted by Crippen LogP contribution is -2.46. The zero-order valence-corrected chi connectivity index (χ0v) is 11.4. The van der Waals surface area contributed by atoms with E-state index in [-0.39, 0.29) is 11.8 Å². The number of aliphatic carboxylic acids is 1. The van der Waals surface area contributed by atoms with Gasteiger partial charge in [-0.15, -0.1) is 0 Å². The summed E-state index contributed by atoms with van der Waals surface area (Å²) in [7, 11) is 0. The first-order valence-electron chi connectivity index (χ1n) is 6.32. The number of hydrogen-bond acceptors (Lipinski definition) is 2. The molecule has 0 bridgehead atoms. The van der Waals surface area contributed by atoms with Crippen molar-refractivity contribution in [3.63, 3.8) is 0 Å². The molecule has 1 aromatic rings. The van der Waals surface area contributed by atoms with Crippen LogP contribution in [0.4, 0.5) is 0 Å². The van der Waals surface area contributed by atoms with E-state index in [0.717, 1.165) is 0 Å². The molecule has 3 nitrogen and oxygen atoms in total. The van der Waals surface area contributed by atoms with Gasteiger partial charge < -0.3 is 10.2 Å². The van der Waals surface area contributed by atoms with Crippen LogP contribution in [0.3, 0.4) is 0 Å². The van der Waals surface area contributed by atoms with Crippen molar-refractivity contribution < 1.29 is 15.0 Å². The Morgan fingerprint density at radius 3 is 1.94 bits per heavy atom. The highest BCUT2D eigenvalue weighted by atomic mass is 16.4. The molecule has 2 unspecified atom stereocenters. The van der Waals surface area contributed by atoms with Crippen LogP contribution >= 0.6 is 0 Å². The highest BCUT2D eigenvalue weighted by molar-refractivity contribution is 5.72. The van der Waals surface area contributed by atoms with Crippen molar-refractivity contribution in [1.82, 2.24) is 0 Å². The van der Waals surface area contributed by atoms with Gasteiger partial charge in [0, 0.05) is 0 Å². The maximum absolute atomic E-state index is 11.5. The average Bonchev–Trinajstić information content (AvgIpc) is 2.28. The molecular weight excluding hydrogens is 228 g/mol. The van der Waals surface area contributed by atoms with E-state index < -0.39 is 17.5 Å². The van der Waals surface area contributed by atoms with Gasteiger partial charge in [0.05, 0.1) is 5.92 Å². The first kappa shape index (κ1) is 14.7. The van der Waals surface area contributed by atoms with Crippen LogP contribution in [0.5, 0.6) is 0 Å². The second-order valence-corrected chi connectivity index (χ2v) is 5.41. The Morgan fingerprint density at radius 2 is 1.61 bits per heavy atom. The summed E-state index contributed by atoms with van der Waals surface area (Å²) in [5.41, 5.74) is -0.678. The van der Waals surface area contributed by atoms with Crippen LogP contribution in [0.1, 0.15) is 33.3 Å². The average molecular weight is 250 g/mol. The smallest absolute Gasteiger partial charge is 0.310 e. The molecule has 0 heterocycles. The third kappa shape index (κ3) is 2.56. The van der Waals surface area contributed by atoms with Gasteiger partial charge in [0.2, 0.25) is 0 Å². The third-order valence-electron chi connectivity index (χ3n) is 3.52. The molecule has 0 saturated carbocycles. The van der Waals surface area contributed by atoms with E-state index in [1.165, 1.54) is 0 Å². The van der Waals surface area contributed by atoms with E-state index in [1.807, 2.05) is 45.9 Å². The summed E-state index contributed by atoms with van der Waals surface area (Å²) in [5.74, 6) is -2.09. The highest BCUT2D eigenvalue weighted by Gasteiger charge is 2.46. The second-order valence-electron chi connectivity index (χ2n) is 5.41. The van der Waals surface area contributed by atoms with Crippen molar-refractivity contribution in [3.05, 3.63) is 35.9 Å². The summed E-state index contributed by atoms with van der Waals surface area (Å²) in [6.45, 7) is 7.36. The van der Waals surface area contributed by atoms with E-state index in [2.05, 4.69) is 0 Å². The van der Waals surface area contributed by atoms with Crippen LogP contribution in [0.2, 0.25) is 0 Å². The minimum absolute atomic E-state index is 0.143. The summed E-state index contributed by atoms with van der Waals surface area (Å²) >= 11 is 0. The number of hydrogen-bond donors (Lipinski definition) is 2. The van der Waals surface area contributed by atoms with Crippen molar-refractivity contribution in [1.29, 1.82) is 0 Å². The zero-order chi connectivity index (χ0) is 13.9. The van der Waals surface area contributed by atoms with E-state index in [0.29, 0.717) is 5.56 Å². The Labute approximate surface area is 108 Å². The molecule has 0 aliphatic rings. The number of carboxylic acids is 1. The molecule has 18 heavy (non-hydrogen) atoms. The minimum atomic E-state index is -1.35. The molecule has 2 N–H and O–H groups in total. The zero-order valence-electron chi connectivity index (χ0n) is 11.4. The highest BCUT2D eigenvalue weighted by Crippen LogP contribution is 2.40. The molecule has 0 aliphatic carbocycles. The molecule has 1 rings (SSSR count). The molecule has 100 valence electrons. The van der Waals surface area contributed by atoms with E-state index in [1.54, 1.807) is 12.1 Å². The lowest BCUT2D eigenvalue weighted by Gasteiger charge is -2.39. The third-order valence-corrected chi connectivity index (χ3v) is 3.52. The summed E-state index contributed by atoms with van der Waals surface area (Å²) in [4.78, 5) is 11.5. The largest absolute Gasteiger partial charge is 0.481 e. The van der Waals surface area contributed by atoms with E-state index >= 15 is 0 Å². The summed E-state index contributed by atoms with van der Waals surface area (Å²) in [5, 5.41) is 20.4.